The number of rotatable bonds is 3. The van der Waals surface area contributed by atoms with Crippen molar-refractivity contribution < 1.29 is 10.2 Å². The van der Waals surface area contributed by atoms with E-state index in [-0.39, 0.29) is 24.3 Å². The minimum absolute atomic E-state index is 0.0396. The highest BCUT2D eigenvalue weighted by Crippen LogP contribution is 2.19. The van der Waals surface area contributed by atoms with Gasteiger partial charge in [-0.05, 0) is 0 Å². The van der Waals surface area contributed by atoms with Crippen LogP contribution in [0.4, 0.5) is 5.95 Å². The van der Waals surface area contributed by atoms with Crippen molar-refractivity contribution in [3.05, 3.63) is 11.5 Å². The van der Waals surface area contributed by atoms with Crippen molar-refractivity contribution in [2.24, 2.45) is 0 Å². The van der Waals surface area contributed by atoms with Gasteiger partial charge >= 0.3 is 0 Å². The van der Waals surface area contributed by atoms with Gasteiger partial charge in [-0.3, -0.25) is 0 Å². The third-order valence-electron chi connectivity index (χ3n) is 2.06. The molecule has 0 aliphatic carbocycles. The lowest BCUT2D eigenvalue weighted by atomic mass is 10.4. The molecule has 0 spiro atoms. The van der Waals surface area contributed by atoms with Gasteiger partial charge in [0.2, 0.25) is 5.95 Å². The summed E-state index contributed by atoms with van der Waals surface area (Å²) in [7, 11) is 0. The van der Waals surface area contributed by atoms with E-state index in [1.54, 1.807) is 4.57 Å². The number of hydrogen-bond acceptors (Lipinski definition) is 6. The third kappa shape index (κ3) is 1.92. The first-order valence-corrected chi connectivity index (χ1v) is 4.92. The molecule has 0 aliphatic rings. The van der Waals surface area contributed by atoms with E-state index in [1.807, 2.05) is 0 Å². The zero-order valence-electron chi connectivity index (χ0n) is 8.21. The second-order valence-electron chi connectivity index (χ2n) is 3.28. The predicted molar refractivity (Wildman–Crippen MR) is 57.8 cm³/mol. The van der Waals surface area contributed by atoms with Gasteiger partial charge in [-0.2, -0.15) is 9.97 Å². The minimum Gasteiger partial charge on any atom is -0.394 e. The fourth-order valence-electron chi connectivity index (χ4n) is 1.34. The number of aliphatic hydroxyl groups is 2. The molecule has 0 unspecified atom stereocenters. The summed E-state index contributed by atoms with van der Waals surface area (Å²) in [5.74, 6) is 0.0396. The van der Waals surface area contributed by atoms with Gasteiger partial charge in [0.1, 0.15) is 5.52 Å². The zero-order chi connectivity index (χ0) is 11.7. The maximum Gasteiger partial charge on any atom is 0.223 e. The molecule has 0 bridgehead atoms. The molecule has 2 rings (SSSR count). The van der Waals surface area contributed by atoms with Crippen molar-refractivity contribution in [3.8, 4) is 0 Å². The molecular formula is C8H10ClN5O2. The van der Waals surface area contributed by atoms with Gasteiger partial charge in [-0.1, -0.05) is 11.6 Å². The summed E-state index contributed by atoms with van der Waals surface area (Å²) in [5.41, 5.74) is 6.31. The Hall–Kier alpha value is -1.44. The van der Waals surface area contributed by atoms with Crippen LogP contribution in [0.5, 0.6) is 0 Å². The van der Waals surface area contributed by atoms with Crippen molar-refractivity contribution >= 4 is 28.7 Å². The number of halogens is 1. The first-order valence-electron chi connectivity index (χ1n) is 4.54. The SMILES string of the molecule is Nc1nc(Cl)c2ncn(C[C@@H](O)CO)c2n1. The second kappa shape index (κ2) is 4.20. The molecule has 4 N–H and O–H groups in total. The summed E-state index contributed by atoms with van der Waals surface area (Å²) in [4.78, 5) is 11.7. The molecule has 0 radical (unpaired) electrons. The number of anilines is 1. The summed E-state index contributed by atoms with van der Waals surface area (Å²) < 4.78 is 1.56. The number of aromatic nitrogens is 4. The Morgan fingerprint density at radius 1 is 1.50 bits per heavy atom. The monoisotopic (exact) mass is 243 g/mol. The number of aliphatic hydroxyl groups excluding tert-OH is 2. The van der Waals surface area contributed by atoms with E-state index in [9.17, 15) is 5.11 Å². The Labute approximate surface area is 95.5 Å². The van der Waals surface area contributed by atoms with Crippen LogP contribution in [0.25, 0.3) is 11.2 Å². The Morgan fingerprint density at radius 2 is 2.25 bits per heavy atom. The lowest BCUT2D eigenvalue weighted by Crippen LogP contribution is -2.19. The van der Waals surface area contributed by atoms with Gasteiger partial charge in [0.25, 0.3) is 0 Å². The molecule has 0 fully saturated rings. The Balaban J connectivity index is 2.47. The fraction of sp³-hybridized carbons (Fsp3) is 0.375. The molecule has 2 aromatic heterocycles. The van der Waals surface area contributed by atoms with Gasteiger partial charge in [0, 0.05) is 0 Å². The third-order valence-corrected chi connectivity index (χ3v) is 2.32. The maximum atomic E-state index is 9.32. The first kappa shape index (κ1) is 11.1. The summed E-state index contributed by atoms with van der Waals surface area (Å²) in [6.45, 7) is -0.173. The highest BCUT2D eigenvalue weighted by Gasteiger charge is 2.12. The van der Waals surface area contributed by atoms with E-state index in [0.717, 1.165) is 0 Å². The van der Waals surface area contributed by atoms with Crippen LogP contribution in [0.1, 0.15) is 0 Å². The standard InChI is InChI=1S/C8H10ClN5O2/c9-6-5-7(13-8(10)12-6)14(3-11-5)1-4(16)2-15/h3-4,15-16H,1-2H2,(H2,10,12,13)/t4-/m1/s1. The molecule has 0 amide bonds. The largest absolute Gasteiger partial charge is 0.394 e. The summed E-state index contributed by atoms with van der Waals surface area (Å²) >= 11 is 5.83. The van der Waals surface area contributed by atoms with Crippen molar-refractivity contribution in [2.45, 2.75) is 12.6 Å². The predicted octanol–water partition coefficient (Wildman–Crippen LogP) is -0.585. The van der Waals surface area contributed by atoms with Crippen molar-refractivity contribution in [1.82, 2.24) is 19.5 Å². The molecule has 7 nitrogen and oxygen atoms in total. The summed E-state index contributed by atoms with van der Waals surface area (Å²) in [6.07, 6.45) is 0.580. The molecule has 2 heterocycles. The molecule has 0 saturated heterocycles. The van der Waals surface area contributed by atoms with Crippen molar-refractivity contribution in [1.29, 1.82) is 0 Å². The molecule has 86 valence electrons. The van der Waals surface area contributed by atoms with Gasteiger partial charge < -0.3 is 20.5 Å². The molecule has 16 heavy (non-hydrogen) atoms. The Kier molecular flexibility index (Phi) is 2.90. The first-order chi connectivity index (χ1) is 7.61. The van der Waals surface area contributed by atoms with Crippen LogP contribution < -0.4 is 5.73 Å². The second-order valence-corrected chi connectivity index (χ2v) is 3.64. The minimum atomic E-state index is -0.882. The quantitative estimate of drug-likeness (QED) is 0.622. The molecule has 0 aliphatic heterocycles. The van der Waals surface area contributed by atoms with E-state index >= 15 is 0 Å². The number of nitrogen functional groups attached to an aromatic ring is 1. The molecule has 0 aromatic carbocycles. The van der Waals surface area contributed by atoms with E-state index in [1.165, 1.54) is 6.33 Å². The maximum absolute atomic E-state index is 9.32. The van der Waals surface area contributed by atoms with Crippen LogP contribution in [0.15, 0.2) is 6.33 Å². The van der Waals surface area contributed by atoms with E-state index in [2.05, 4.69) is 15.0 Å². The topological polar surface area (TPSA) is 110 Å². The van der Waals surface area contributed by atoms with Crippen LogP contribution in [0.3, 0.4) is 0 Å². The Bertz CT molecular complexity index is 514. The summed E-state index contributed by atoms with van der Waals surface area (Å²) in [5, 5.41) is 18.2. The highest BCUT2D eigenvalue weighted by molar-refractivity contribution is 6.33. The normalized spacial score (nSPS) is 13.2. The molecule has 1 atom stereocenters. The number of nitrogens with zero attached hydrogens (tertiary/aromatic N) is 4. The van der Waals surface area contributed by atoms with Gasteiger partial charge in [-0.25, -0.2) is 4.98 Å². The molecular weight excluding hydrogens is 234 g/mol. The van der Waals surface area contributed by atoms with E-state index in [0.29, 0.717) is 11.2 Å². The fourth-order valence-corrected chi connectivity index (χ4v) is 1.56. The Morgan fingerprint density at radius 3 is 2.94 bits per heavy atom. The van der Waals surface area contributed by atoms with E-state index < -0.39 is 6.10 Å². The van der Waals surface area contributed by atoms with E-state index in [4.69, 9.17) is 22.4 Å². The molecule has 2 aromatic rings. The summed E-state index contributed by atoms with van der Waals surface area (Å²) in [6, 6.07) is 0. The lowest BCUT2D eigenvalue weighted by molar-refractivity contribution is 0.0820. The smallest absolute Gasteiger partial charge is 0.223 e. The molecule has 0 saturated carbocycles. The number of hydrogen-bond donors (Lipinski definition) is 3. The van der Waals surface area contributed by atoms with Crippen LogP contribution in [-0.4, -0.2) is 42.4 Å². The van der Waals surface area contributed by atoms with Gasteiger partial charge in [0.05, 0.1) is 25.6 Å². The van der Waals surface area contributed by atoms with Crippen LogP contribution in [-0.2, 0) is 6.54 Å². The molecule has 8 heteroatoms. The average molecular weight is 244 g/mol. The number of nitrogens with two attached hydrogens (primary N) is 1. The average Bonchev–Trinajstić information content (AvgIpc) is 2.61. The van der Waals surface area contributed by atoms with Crippen LogP contribution in [0.2, 0.25) is 5.15 Å². The highest BCUT2D eigenvalue weighted by atomic mass is 35.5. The number of imidazole rings is 1. The van der Waals surface area contributed by atoms with Gasteiger partial charge in [-0.15, -0.1) is 0 Å². The van der Waals surface area contributed by atoms with Gasteiger partial charge in [0.15, 0.2) is 10.8 Å². The van der Waals surface area contributed by atoms with Crippen LogP contribution >= 0.6 is 11.6 Å². The zero-order valence-corrected chi connectivity index (χ0v) is 8.96. The van der Waals surface area contributed by atoms with Crippen LogP contribution in [0, 0.1) is 0 Å². The number of fused-ring (bicyclic) bond motifs is 1. The van der Waals surface area contributed by atoms with Crippen molar-refractivity contribution in [3.63, 3.8) is 0 Å². The van der Waals surface area contributed by atoms with Crippen molar-refractivity contribution in [2.75, 3.05) is 12.3 Å². The lowest BCUT2D eigenvalue weighted by Gasteiger charge is -2.08.